The highest BCUT2D eigenvalue weighted by Crippen LogP contribution is 1.81. The molecule has 1 heteroatoms. The maximum Gasteiger partial charge on any atom is 0.0132 e. The van der Waals surface area contributed by atoms with E-state index >= 15 is 0 Å². The van der Waals surface area contributed by atoms with Crippen LogP contribution in [0.5, 0.6) is 0 Å². The van der Waals surface area contributed by atoms with E-state index < -0.39 is 0 Å². The summed E-state index contributed by atoms with van der Waals surface area (Å²) in [6.45, 7) is 5.45. The minimum atomic E-state index is 0.865. The molecule has 0 bridgehead atoms. The predicted octanol–water partition coefficient (Wildman–Crippen LogP) is 1.18. The van der Waals surface area contributed by atoms with Gasteiger partial charge in [0.15, 0.2) is 0 Å². The third-order valence-electron chi connectivity index (χ3n) is 0.963. The Morgan fingerprint density at radius 2 is 2.44 bits per heavy atom. The maximum atomic E-state index is 5.05. The van der Waals surface area contributed by atoms with Gasteiger partial charge in [-0.25, -0.2) is 0 Å². The van der Waals surface area contributed by atoms with E-state index in [0.29, 0.717) is 0 Å². The third kappa shape index (κ3) is 7.26. The molecule has 0 aromatic carbocycles. The smallest absolute Gasteiger partial charge is 0.0132 e. The Bertz CT molecular complexity index is 99.6. The van der Waals surface area contributed by atoms with Crippen LogP contribution in [0.2, 0.25) is 0 Å². The van der Waals surface area contributed by atoms with Gasteiger partial charge < -0.3 is 5.32 Å². The Morgan fingerprint density at radius 3 is 3.00 bits per heavy atom. The molecule has 0 rings (SSSR count). The maximum absolute atomic E-state index is 5.05. The molecule has 9 heavy (non-hydrogen) atoms. The second-order valence-electron chi connectivity index (χ2n) is 1.80. The van der Waals surface area contributed by atoms with Crippen molar-refractivity contribution in [3.8, 4) is 12.3 Å². The minimum absolute atomic E-state index is 0.865. The molecule has 1 N–H and O–H groups in total. The zero-order chi connectivity index (χ0) is 6.95. The topological polar surface area (TPSA) is 12.0 Å². The van der Waals surface area contributed by atoms with Crippen LogP contribution in [0, 0.1) is 12.3 Å². The summed E-state index contributed by atoms with van der Waals surface area (Å²) in [5, 5.41) is 3.16. The summed E-state index contributed by atoms with van der Waals surface area (Å²) < 4.78 is 0. The van der Waals surface area contributed by atoms with Crippen LogP contribution in [-0.4, -0.2) is 13.1 Å². The van der Waals surface area contributed by atoms with Gasteiger partial charge in [0.05, 0.1) is 0 Å². The van der Waals surface area contributed by atoms with E-state index in [-0.39, 0.29) is 0 Å². The lowest BCUT2D eigenvalue weighted by Crippen LogP contribution is -2.14. The van der Waals surface area contributed by atoms with Crippen molar-refractivity contribution in [3.63, 3.8) is 0 Å². The molecular weight excluding hydrogens is 110 g/mol. The number of unbranched alkanes of at least 4 members (excludes halogenated alkanes) is 1. The predicted molar refractivity (Wildman–Crippen MR) is 41.1 cm³/mol. The van der Waals surface area contributed by atoms with Crippen LogP contribution in [0.3, 0.4) is 0 Å². The molecule has 0 spiro atoms. The Balaban J connectivity index is 2.76. The lowest BCUT2D eigenvalue weighted by Gasteiger charge is -1.95. The van der Waals surface area contributed by atoms with E-state index in [9.17, 15) is 0 Å². The van der Waals surface area contributed by atoms with Crippen molar-refractivity contribution < 1.29 is 0 Å². The van der Waals surface area contributed by atoms with Gasteiger partial charge in [-0.15, -0.1) is 18.9 Å². The summed E-state index contributed by atoms with van der Waals surface area (Å²) in [7, 11) is 0. The molecule has 0 amide bonds. The summed E-state index contributed by atoms with van der Waals surface area (Å²) in [6, 6.07) is 0. The summed E-state index contributed by atoms with van der Waals surface area (Å²) in [6.07, 6.45) is 8.81. The van der Waals surface area contributed by atoms with Gasteiger partial charge in [-0.1, -0.05) is 6.08 Å². The van der Waals surface area contributed by atoms with Crippen molar-refractivity contribution in [2.45, 2.75) is 12.8 Å². The molecule has 0 saturated carbocycles. The first-order valence-corrected chi connectivity index (χ1v) is 3.17. The normalized spacial score (nSPS) is 8.33. The first-order chi connectivity index (χ1) is 4.41. The molecular formula is C8H13N. The van der Waals surface area contributed by atoms with Crippen molar-refractivity contribution in [1.29, 1.82) is 0 Å². The fourth-order valence-corrected chi connectivity index (χ4v) is 0.520. The van der Waals surface area contributed by atoms with Crippen molar-refractivity contribution in [2.24, 2.45) is 0 Å². The minimum Gasteiger partial charge on any atom is -0.313 e. The average molecular weight is 123 g/mol. The van der Waals surface area contributed by atoms with Crippen molar-refractivity contribution in [3.05, 3.63) is 12.7 Å². The summed E-state index contributed by atoms with van der Waals surface area (Å²) >= 11 is 0. The van der Waals surface area contributed by atoms with Gasteiger partial charge in [0.1, 0.15) is 0 Å². The molecule has 50 valence electrons. The number of hydrogen-bond acceptors (Lipinski definition) is 1. The largest absolute Gasteiger partial charge is 0.313 e. The Morgan fingerprint density at radius 1 is 1.67 bits per heavy atom. The van der Waals surface area contributed by atoms with Gasteiger partial charge in [0, 0.05) is 13.0 Å². The van der Waals surface area contributed by atoms with Crippen molar-refractivity contribution in [1.82, 2.24) is 5.32 Å². The van der Waals surface area contributed by atoms with E-state index in [2.05, 4.69) is 17.8 Å². The molecule has 0 unspecified atom stereocenters. The van der Waals surface area contributed by atoms with Gasteiger partial charge in [0.25, 0.3) is 0 Å². The molecule has 0 aliphatic carbocycles. The first kappa shape index (κ1) is 8.26. The molecule has 1 nitrogen and oxygen atoms in total. The van der Waals surface area contributed by atoms with Crippen LogP contribution in [-0.2, 0) is 0 Å². The van der Waals surface area contributed by atoms with Crippen LogP contribution >= 0.6 is 0 Å². The second-order valence-corrected chi connectivity index (χ2v) is 1.80. The first-order valence-electron chi connectivity index (χ1n) is 3.17. The van der Waals surface area contributed by atoms with Gasteiger partial charge in [-0.3, -0.25) is 0 Å². The highest BCUT2D eigenvalue weighted by atomic mass is 14.8. The van der Waals surface area contributed by atoms with Crippen molar-refractivity contribution >= 4 is 0 Å². The molecule has 0 aromatic heterocycles. The van der Waals surface area contributed by atoms with Gasteiger partial charge in [-0.05, 0) is 13.0 Å². The fourth-order valence-electron chi connectivity index (χ4n) is 0.520. The third-order valence-corrected chi connectivity index (χ3v) is 0.963. The van der Waals surface area contributed by atoms with Crippen LogP contribution in [0.15, 0.2) is 12.7 Å². The van der Waals surface area contributed by atoms with E-state index in [0.717, 1.165) is 25.9 Å². The molecule has 0 fully saturated rings. The van der Waals surface area contributed by atoms with Gasteiger partial charge in [0.2, 0.25) is 0 Å². The number of nitrogens with one attached hydrogen (secondary N) is 1. The number of rotatable bonds is 5. The Labute approximate surface area is 57.2 Å². The molecule has 0 heterocycles. The standard InChI is InChI=1S/C8H13N/c1-3-5-6-8-9-7-4-2/h1,4,9H,2,5-8H2. The van der Waals surface area contributed by atoms with Crippen LogP contribution in [0.4, 0.5) is 0 Å². The van der Waals surface area contributed by atoms with Crippen LogP contribution in [0.1, 0.15) is 12.8 Å². The molecule has 0 aliphatic heterocycles. The summed E-state index contributed by atoms with van der Waals surface area (Å²) in [4.78, 5) is 0. The van der Waals surface area contributed by atoms with Crippen molar-refractivity contribution in [2.75, 3.05) is 13.1 Å². The highest BCUT2D eigenvalue weighted by Gasteiger charge is 1.80. The van der Waals surface area contributed by atoms with E-state index in [4.69, 9.17) is 6.42 Å². The van der Waals surface area contributed by atoms with Gasteiger partial charge in [-0.2, -0.15) is 0 Å². The molecule has 0 radical (unpaired) electrons. The average Bonchev–Trinajstić information content (AvgIpc) is 1.89. The Hall–Kier alpha value is -0.740. The summed E-state index contributed by atoms with van der Waals surface area (Å²) in [5.41, 5.74) is 0. The van der Waals surface area contributed by atoms with E-state index in [1.54, 1.807) is 0 Å². The lowest BCUT2D eigenvalue weighted by atomic mass is 10.3. The molecule has 0 atom stereocenters. The van der Waals surface area contributed by atoms with Gasteiger partial charge >= 0.3 is 0 Å². The second kappa shape index (κ2) is 7.26. The molecule has 0 aliphatic rings. The molecule has 0 saturated heterocycles. The van der Waals surface area contributed by atoms with Crippen LogP contribution in [0.25, 0.3) is 0 Å². The number of hydrogen-bond donors (Lipinski definition) is 1. The monoisotopic (exact) mass is 123 g/mol. The zero-order valence-corrected chi connectivity index (χ0v) is 5.69. The molecule has 0 aromatic rings. The van der Waals surface area contributed by atoms with E-state index in [1.807, 2.05) is 6.08 Å². The van der Waals surface area contributed by atoms with Crippen LogP contribution < -0.4 is 5.32 Å². The van der Waals surface area contributed by atoms with E-state index in [1.165, 1.54) is 0 Å². The fraction of sp³-hybridized carbons (Fsp3) is 0.500. The SMILES string of the molecule is C#CCCCNCC=C. The Kier molecular flexibility index (Phi) is 6.66. The summed E-state index contributed by atoms with van der Waals surface area (Å²) in [5.74, 6) is 2.58. The quantitative estimate of drug-likeness (QED) is 0.329. The number of terminal acetylenes is 1. The zero-order valence-electron chi connectivity index (χ0n) is 5.69. The highest BCUT2D eigenvalue weighted by molar-refractivity contribution is 4.83. The lowest BCUT2D eigenvalue weighted by molar-refractivity contribution is 0.707.